The van der Waals surface area contributed by atoms with Crippen molar-refractivity contribution in [3.05, 3.63) is 34.2 Å². The Labute approximate surface area is 110 Å². The predicted molar refractivity (Wildman–Crippen MR) is 68.1 cm³/mol. The van der Waals surface area contributed by atoms with Gasteiger partial charge in [-0.05, 0) is 32.9 Å². The van der Waals surface area contributed by atoms with Gasteiger partial charge in [-0.1, -0.05) is 6.42 Å². The highest BCUT2D eigenvalue weighted by atomic mass is 19.4. The predicted octanol–water partition coefficient (Wildman–Crippen LogP) is 2.65. The van der Waals surface area contributed by atoms with E-state index in [0.717, 1.165) is 35.7 Å². The molecule has 1 N–H and O–H groups in total. The smallest absolute Gasteiger partial charge is 0.317 e. The quantitative estimate of drug-likeness (QED) is 0.810. The number of hydrogen-bond donors (Lipinski definition) is 1. The van der Waals surface area contributed by atoms with Crippen LogP contribution in [0.1, 0.15) is 31.7 Å². The van der Waals surface area contributed by atoms with Gasteiger partial charge in [0.1, 0.15) is 0 Å². The molecule has 0 aliphatic carbocycles. The average Bonchev–Trinajstić information content (AvgIpc) is 2.34. The highest BCUT2D eigenvalue weighted by Crippen LogP contribution is 2.28. The van der Waals surface area contributed by atoms with Gasteiger partial charge in [0.25, 0.3) is 5.56 Å². The van der Waals surface area contributed by atoms with Crippen LogP contribution in [0.5, 0.6) is 0 Å². The molecule has 3 nitrogen and oxygen atoms in total. The van der Waals surface area contributed by atoms with E-state index in [1.54, 1.807) is 0 Å². The maximum absolute atomic E-state index is 12.5. The van der Waals surface area contributed by atoms with Crippen molar-refractivity contribution in [3.63, 3.8) is 0 Å². The number of rotatable bonds is 6. The zero-order valence-electron chi connectivity index (χ0n) is 11.1. The first-order valence-electron chi connectivity index (χ1n) is 6.29. The molecule has 1 heterocycles. The van der Waals surface area contributed by atoms with Crippen molar-refractivity contribution >= 4 is 0 Å². The van der Waals surface area contributed by atoms with E-state index >= 15 is 0 Å². The zero-order chi connectivity index (χ0) is 14.5. The van der Waals surface area contributed by atoms with Gasteiger partial charge in [-0.25, -0.2) is 0 Å². The van der Waals surface area contributed by atoms with Gasteiger partial charge in [0.15, 0.2) is 0 Å². The van der Waals surface area contributed by atoms with Crippen LogP contribution >= 0.6 is 0 Å². The van der Waals surface area contributed by atoms with Crippen molar-refractivity contribution in [3.8, 4) is 0 Å². The van der Waals surface area contributed by atoms with Crippen LogP contribution in [-0.2, 0) is 12.7 Å². The molecule has 1 aromatic heterocycles. The summed E-state index contributed by atoms with van der Waals surface area (Å²) >= 11 is 0. The van der Waals surface area contributed by atoms with E-state index in [-0.39, 0.29) is 0 Å². The summed E-state index contributed by atoms with van der Waals surface area (Å²) in [6.45, 7) is 2.36. The van der Waals surface area contributed by atoms with Crippen LogP contribution in [-0.4, -0.2) is 17.7 Å². The molecule has 0 radical (unpaired) electrons. The van der Waals surface area contributed by atoms with Crippen molar-refractivity contribution in [1.29, 1.82) is 0 Å². The number of nitrogens with zero attached hydrogens (tertiary/aromatic N) is 1. The fraction of sp³-hybridized carbons (Fsp3) is 0.615. The van der Waals surface area contributed by atoms with E-state index in [4.69, 9.17) is 0 Å². The van der Waals surface area contributed by atoms with Gasteiger partial charge in [-0.2, -0.15) is 13.2 Å². The molecule has 1 unspecified atom stereocenters. The minimum absolute atomic E-state index is 0.319. The molecular weight excluding hydrogens is 257 g/mol. The number of halogens is 3. The molecule has 0 aromatic carbocycles. The minimum Gasteiger partial charge on any atom is -0.317 e. The summed E-state index contributed by atoms with van der Waals surface area (Å²) in [5.74, 6) is 0. The summed E-state index contributed by atoms with van der Waals surface area (Å²) in [5, 5.41) is 3.09. The van der Waals surface area contributed by atoms with Crippen molar-refractivity contribution in [2.75, 3.05) is 7.05 Å². The highest BCUT2D eigenvalue weighted by Gasteiger charge is 2.30. The Balaban J connectivity index is 2.61. The number of unbranched alkanes of at least 4 members (excludes halogenated alkanes) is 1. The van der Waals surface area contributed by atoms with E-state index in [1.807, 2.05) is 14.0 Å². The Morgan fingerprint density at radius 2 is 2.00 bits per heavy atom. The first-order chi connectivity index (χ1) is 8.84. The molecule has 108 valence electrons. The largest absolute Gasteiger partial charge is 0.417 e. The Kier molecular flexibility index (Phi) is 5.60. The summed E-state index contributed by atoms with van der Waals surface area (Å²) in [7, 11) is 1.86. The van der Waals surface area contributed by atoms with E-state index in [0.29, 0.717) is 19.0 Å². The molecule has 0 saturated heterocycles. The molecule has 0 saturated carbocycles. The maximum atomic E-state index is 12.5. The normalized spacial score (nSPS) is 13.5. The molecule has 1 aromatic rings. The molecule has 0 fully saturated rings. The van der Waals surface area contributed by atoms with Crippen molar-refractivity contribution < 1.29 is 13.2 Å². The van der Waals surface area contributed by atoms with Crippen LogP contribution in [0.25, 0.3) is 0 Å². The zero-order valence-corrected chi connectivity index (χ0v) is 11.1. The topological polar surface area (TPSA) is 34.0 Å². The molecule has 6 heteroatoms. The Morgan fingerprint density at radius 3 is 2.58 bits per heavy atom. The summed E-state index contributed by atoms with van der Waals surface area (Å²) in [4.78, 5) is 11.5. The summed E-state index contributed by atoms with van der Waals surface area (Å²) in [5.41, 5.74) is -1.18. The summed E-state index contributed by atoms with van der Waals surface area (Å²) < 4.78 is 38.7. The van der Waals surface area contributed by atoms with Gasteiger partial charge < -0.3 is 9.88 Å². The van der Waals surface area contributed by atoms with Crippen LogP contribution in [0.15, 0.2) is 23.1 Å². The van der Waals surface area contributed by atoms with Crippen LogP contribution in [0.3, 0.4) is 0 Å². The highest BCUT2D eigenvalue weighted by molar-refractivity contribution is 5.13. The van der Waals surface area contributed by atoms with Crippen LogP contribution in [0, 0.1) is 0 Å². The number of aromatic nitrogens is 1. The number of hydrogen-bond acceptors (Lipinski definition) is 2. The fourth-order valence-electron chi connectivity index (χ4n) is 1.75. The second-order valence-corrected chi connectivity index (χ2v) is 4.63. The van der Waals surface area contributed by atoms with Gasteiger partial charge in [0.2, 0.25) is 0 Å². The molecule has 19 heavy (non-hydrogen) atoms. The number of aryl methyl sites for hydroxylation is 1. The Hall–Kier alpha value is -1.30. The molecule has 0 spiro atoms. The lowest BCUT2D eigenvalue weighted by Crippen LogP contribution is -2.23. The van der Waals surface area contributed by atoms with E-state index in [9.17, 15) is 18.0 Å². The summed E-state index contributed by atoms with van der Waals surface area (Å²) in [6.07, 6.45) is -1.03. The first kappa shape index (κ1) is 15.8. The van der Waals surface area contributed by atoms with Crippen molar-refractivity contribution in [1.82, 2.24) is 9.88 Å². The molecule has 1 atom stereocenters. The second kappa shape index (κ2) is 6.75. The van der Waals surface area contributed by atoms with Gasteiger partial charge in [-0.3, -0.25) is 4.79 Å². The summed E-state index contributed by atoms with van der Waals surface area (Å²) in [6, 6.07) is 2.17. The Morgan fingerprint density at radius 1 is 1.32 bits per heavy atom. The van der Waals surface area contributed by atoms with Crippen LogP contribution in [0.2, 0.25) is 0 Å². The Bertz CT molecular complexity index is 454. The SMILES string of the molecule is CNC(C)CCCCn1cc(C(F)(F)F)ccc1=O. The van der Waals surface area contributed by atoms with Crippen molar-refractivity contribution in [2.24, 2.45) is 0 Å². The van der Waals surface area contributed by atoms with Crippen molar-refractivity contribution in [2.45, 2.75) is 44.9 Å². The van der Waals surface area contributed by atoms with Gasteiger partial charge in [0.05, 0.1) is 5.56 Å². The second-order valence-electron chi connectivity index (χ2n) is 4.63. The van der Waals surface area contributed by atoms with Gasteiger partial charge in [-0.15, -0.1) is 0 Å². The number of nitrogens with one attached hydrogen (secondary N) is 1. The average molecular weight is 276 g/mol. The monoisotopic (exact) mass is 276 g/mol. The lowest BCUT2D eigenvalue weighted by Gasteiger charge is -2.12. The fourth-order valence-corrected chi connectivity index (χ4v) is 1.75. The minimum atomic E-state index is -4.41. The van der Waals surface area contributed by atoms with Gasteiger partial charge in [0, 0.05) is 24.8 Å². The number of alkyl halides is 3. The third-order valence-electron chi connectivity index (χ3n) is 3.09. The third-order valence-corrected chi connectivity index (χ3v) is 3.09. The standard InChI is InChI=1S/C13H19F3N2O/c1-10(17-2)5-3-4-8-18-9-11(13(14,15)16)6-7-12(18)19/h6-7,9-10,17H,3-5,8H2,1-2H3. The van der Waals surface area contributed by atoms with Crippen LogP contribution < -0.4 is 10.9 Å². The lowest BCUT2D eigenvalue weighted by atomic mass is 10.1. The molecule has 0 aliphatic rings. The maximum Gasteiger partial charge on any atom is 0.417 e. The van der Waals surface area contributed by atoms with E-state index in [1.165, 1.54) is 0 Å². The third kappa shape index (κ3) is 5.06. The molecule has 0 amide bonds. The number of pyridine rings is 1. The molecule has 1 rings (SSSR count). The first-order valence-corrected chi connectivity index (χ1v) is 6.29. The molecule has 0 bridgehead atoms. The lowest BCUT2D eigenvalue weighted by molar-refractivity contribution is -0.138. The van der Waals surface area contributed by atoms with Gasteiger partial charge >= 0.3 is 6.18 Å². The van der Waals surface area contributed by atoms with E-state index in [2.05, 4.69) is 5.32 Å². The molecule has 0 aliphatic heterocycles. The van der Waals surface area contributed by atoms with Crippen LogP contribution in [0.4, 0.5) is 13.2 Å². The molecular formula is C13H19F3N2O. The van der Waals surface area contributed by atoms with E-state index < -0.39 is 17.3 Å².